The van der Waals surface area contributed by atoms with Crippen LogP contribution in [0.15, 0.2) is 23.8 Å². The third-order valence-electron chi connectivity index (χ3n) is 7.41. The lowest BCUT2D eigenvalue weighted by Gasteiger charge is -2.49. The highest BCUT2D eigenvalue weighted by Gasteiger charge is 2.52. The SMILES string of the molecule is CC=C1CCC2C3CCc4cc(OS(N)(=O)=O)c(OC)cc4C3CC[C@]12C. The molecule has 3 aliphatic carbocycles. The molecule has 0 bridgehead atoms. The van der Waals surface area contributed by atoms with E-state index in [1.807, 2.05) is 12.1 Å². The van der Waals surface area contributed by atoms with Gasteiger partial charge in [-0.1, -0.05) is 18.6 Å². The van der Waals surface area contributed by atoms with Crippen LogP contribution in [0.2, 0.25) is 0 Å². The molecule has 2 fully saturated rings. The summed E-state index contributed by atoms with van der Waals surface area (Å²) in [6.45, 7) is 4.65. The molecule has 0 heterocycles. The van der Waals surface area contributed by atoms with Gasteiger partial charge in [-0.3, -0.25) is 0 Å². The van der Waals surface area contributed by atoms with Gasteiger partial charge in [-0.25, -0.2) is 0 Å². The van der Waals surface area contributed by atoms with Gasteiger partial charge in [0.15, 0.2) is 11.5 Å². The van der Waals surface area contributed by atoms with Crippen molar-refractivity contribution >= 4 is 10.3 Å². The van der Waals surface area contributed by atoms with Crippen molar-refractivity contribution in [2.75, 3.05) is 7.11 Å². The zero-order chi connectivity index (χ0) is 19.4. The molecule has 3 aliphatic rings. The summed E-state index contributed by atoms with van der Waals surface area (Å²) in [5.41, 5.74) is 4.48. The molecule has 0 radical (unpaired) electrons. The summed E-state index contributed by atoms with van der Waals surface area (Å²) in [6.07, 6.45) is 9.34. The Morgan fingerprint density at radius 2 is 1.96 bits per heavy atom. The van der Waals surface area contributed by atoms with E-state index in [1.54, 1.807) is 5.57 Å². The second-order valence-corrected chi connectivity index (χ2v) is 9.65. The Hall–Kier alpha value is -1.53. The van der Waals surface area contributed by atoms with Crippen LogP contribution < -0.4 is 14.1 Å². The summed E-state index contributed by atoms with van der Waals surface area (Å²) in [6, 6.07) is 3.80. The summed E-state index contributed by atoms with van der Waals surface area (Å²) < 4.78 is 33.1. The number of benzene rings is 1. The van der Waals surface area contributed by atoms with E-state index < -0.39 is 10.3 Å². The Kier molecular flexibility index (Phi) is 4.54. The first-order valence-corrected chi connectivity index (χ1v) is 11.3. The maximum atomic E-state index is 11.4. The summed E-state index contributed by atoms with van der Waals surface area (Å²) in [5.74, 6) is 2.57. The molecule has 4 rings (SSSR count). The Morgan fingerprint density at radius 3 is 2.63 bits per heavy atom. The van der Waals surface area contributed by atoms with E-state index in [2.05, 4.69) is 19.9 Å². The molecule has 6 heteroatoms. The Labute approximate surface area is 162 Å². The van der Waals surface area contributed by atoms with Gasteiger partial charge >= 0.3 is 10.3 Å². The Balaban J connectivity index is 1.71. The lowest BCUT2D eigenvalue weighted by molar-refractivity contribution is 0.0812. The number of hydrogen-bond donors (Lipinski definition) is 1. The minimum atomic E-state index is -4.07. The molecule has 148 valence electrons. The lowest BCUT2D eigenvalue weighted by Crippen LogP contribution is -2.40. The van der Waals surface area contributed by atoms with Crippen LogP contribution in [0.3, 0.4) is 0 Å². The van der Waals surface area contributed by atoms with Crippen LogP contribution in [0.5, 0.6) is 11.5 Å². The Morgan fingerprint density at radius 1 is 1.19 bits per heavy atom. The molecule has 0 aromatic heterocycles. The van der Waals surface area contributed by atoms with Crippen molar-refractivity contribution in [2.45, 2.75) is 58.3 Å². The third-order valence-corrected chi connectivity index (χ3v) is 7.82. The van der Waals surface area contributed by atoms with Crippen LogP contribution in [-0.4, -0.2) is 15.5 Å². The van der Waals surface area contributed by atoms with Gasteiger partial charge in [-0.05, 0) is 91.9 Å². The second-order valence-electron chi connectivity index (χ2n) is 8.50. The standard InChI is InChI=1S/C21H29NO4S/c1-4-14-6-8-18-16-7-5-13-11-20(26-27(22,23)24)19(25-3)12-17(13)15(16)9-10-21(14,18)2/h4,11-12,15-16,18H,5-10H2,1-3H3,(H2,22,23,24)/t15?,16?,18?,21-/m1/s1. The maximum Gasteiger partial charge on any atom is 0.380 e. The average Bonchev–Trinajstić information content (AvgIpc) is 2.95. The van der Waals surface area contributed by atoms with Crippen LogP contribution in [-0.2, 0) is 16.7 Å². The van der Waals surface area contributed by atoms with Crippen molar-refractivity contribution in [3.05, 3.63) is 34.9 Å². The van der Waals surface area contributed by atoms with Gasteiger partial charge in [0.05, 0.1) is 7.11 Å². The number of fused-ring (bicyclic) bond motifs is 5. The van der Waals surface area contributed by atoms with E-state index in [0.717, 1.165) is 18.8 Å². The number of nitrogens with two attached hydrogens (primary N) is 1. The van der Waals surface area contributed by atoms with Gasteiger partial charge in [-0.15, -0.1) is 0 Å². The number of aryl methyl sites for hydroxylation is 1. The Bertz CT molecular complexity index is 892. The fourth-order valence-electron chi connectivity index (χ4n) is 6.25. The molecule has 4 atom stereocenters. The largest absolute Gasteiger partial charge is 0.493 e. The molecule has 2 N–H and O–H groups in total. The minimum Gasteiger partial charge on any atom is -0.493 e. The summed E-state index contributed by atoms with van der Waals surface area (Å²) in [4.78, 5) is 0. The van der Waals surface area contributed by atoms with E-state index in [0.29, 0.717) is 23.0 Å². The smallest absolute Gasteiger partial charge is 0.380 e. The number of methoxy groups -OCH3 is 1. The molecule has 27 heavy (non-hydrogen) atoms. The molecular formula is C21H29NO4S. The first-order valence-electron chi connectivity index (χ1n) is 9.85. The number of hydrogen-bond acceptors (Lipinski definition) is 4. The van der Waals surface area contributed by atoms with E-state index in [-0.39, 0.29) is 5.75 Å². The fraction of sp³-hybridized carbons (Fsp3) is 0.619. The normalized spacial score (nSPS) is 33.9. The summed E-state index contributed by atoms with van der Waals surface area (Å²) >= 11 is 0. The molecular weight excluding hydrogens is 362 g/mol. The molecule has 1 aromatic carbocycles. The van der Waals surface area contributed by atoms with Gasteiger partial charge in [0, 0.05) is 0 Å². The van der Waals surface area contributed by atoms with Crippen molar-refractivity contribution in [2.24, 2.45) is 22.4 Å². The van der Waals surface area contributed by atoms with Crippen LogP contribution in [0.4, 0.5) is 0 Å². The first kappa shape index (κ1) is 18.8. The molecule has 0 amide bonds. The minimum absolute atomic E-state index is 0.190. The van der Waals surface area contributed by atoms with Gasteiger partial charge in [0.2, 0.25) is 0 Å². The molecule has 1 aromatic rings. The number of rotatable bonds is 3. The highest BCUT2D eigenvalue weighted by Crippen LogP contribution is 2.63. The third kappa shape index (κ3) is 3.07. The second kappa shape index (κ2) is 6.52. The number of ether oxygens (including phenoxy) is 1. The molecule has 3 unspecified atom stereocenters. The van der Waals surface area contributed by atoms with Crippen molar-refractivity contribution in [3.8, 4) is 11.5 Å². The fourth-order valence-corrected chi connectivity index (χ4v) is 6.63. The predicted molar refractivity (Wildman–Crippen MR) is 105 cm³/mol. The zero-order valence-electron chi connectivity index (χ0n) is 16.3. The summed E-state index contributed by atoms with van der Waals surface area (Å²) in [7, 11) is -2.54. The summed E-state index contributed by atoms with van der Waals surface area (Å²) in [5, 5.41) is 5.06. The van der Waals surface area contributed by atoms with E-state index >= 15 is 0 Å². The van der Waals surface area contributed by atoms with Crippen molar-refractivity contribution in [3.63, 3.8) is 0 Å². The van der Waals surface area contributed by atoms with Crippen LogP contribution in [0.1, 0.15) is 63.0 Å². The molecule has 0 spiro atoms. The van der Waals surface area contributed by atoms with Crippen LogP contribution in [0.25, 0.3) is 0 Å². The topological polar surface area (TPSA) is 78.6 Å². The van der Waals surface area contributed by atoms with E-state index in [1.165, 1.54) is 43.9 Å². The molecule has 5 nitrogen and oxygen atoms in total. The molecule has 2 saturated carbocycles. The molecule has 0 aliphatic heterocycles. The van der Waals surface area contributed by atoms with Crippen molar-refractivity contribution in [1.82, 2.24) is 0 Å². The highest BCUT2D eigenvalue weighted by molar-refractivity contribution is 7.84. The zero-order valence-corrected chi connectivity index (χ0v) is 17.1. The van der Waals surface area contributed by atoms with Gasteiger partial charge < -0.3 is 8.92 Å². The number of allylic oxidation sites excluding steroid dienone is 2. The average molecular weight is 392 g/mol. The van der Waals surface area contributed by atoms with E-state index in [9.17, 15) is 8.42 Å². The highest BCUT2D eigenvalue weighted by atomic mass is 32.2. The van der Waals surface area contributed by atoms with Gasteiger partial charge in [-0.2, -0.15) is 13.6 Å². The van der Waals surface area contributed by atoms with E-state index in [4.69, 9.17) is 14.1 Å². The predicted octanol–water partition coefficient (Wildman–Crippen LogP) is 4.08. The maximum absolute atomic E-state index is 11.4. The molecule has 0 saturated heterocycles. The van der Waals surface area contributed by atoms with Gasteiger partial charge in [0.25, 0.3) is 0 Å². The van der Waals surface area contributed by atoms with Crippen molar-refractivity contribution in [1.29, 1.82) is 0 Å². The van der Waals surface area contributed by atoms with Gasteiger partial charge in [0.1, 0.15) is 0 Å². The monoisotopic (exact) mass is 391 g/mol. The van der Waals surface area contributed by atoms with Crippen LogP contribution in [0, 0.1) is 17.3 Å². The van der Waals surface area contributed by atoms with Crippen LogP contribution >= 0.6 is 0 Å². The lowest BCUT2D eigenvalue weighted by atomic mass is 9.55. The first-order chi connectivity index (χ1) is 12.8. The van der Waals surface area contributed by atoms with Crippen molar-refractivity contribution < 1.29 is 17.3 Å². The quantitative estimate of drug-likeness (QED) is 0.788.